The number of anilines is 3. The summed E-state index contributed by atoms with van der Waals surface area (Å²) in [6, 6.07) is 76.8. The number of carbonyl (C=O) groups excluding carboxylic acids is 3. The molecule has 18 aromatic rings. The SMILES string of the molecule is CCC(=O)c1c(-c2ccc(F)cc2)oc2cc(N(C)S(C)(=O)=O)c(-c3cccc(-c4[nH]c5ccccc5c4Br)c3)cc12.CCC(=O)c1c(-c2ccc(F)cc2)oc2cc(N(C)S(C)(=O)=O)c(-c3cccc(-c4[nH]c5ccccc5c4Br)c3)cc12.CNC(=O)c1c(-c2ccc(F)cc2)oc2cc(N(C)S(C)(=O)=O)c(-c3cccc(-c4cc5ccccc5[nH]4)c3)cc12.[B]=NS. The van der Waals surface area contributed by atoms with Crippen molar-refractivity contribution in [1.29, 1.82) is 0 Å². The van der Waals surface area contributed by atoms with Gasteiger partial charge in [0.05, 0.1) is 72.9 Å². The maximum absolute atomic E-state index is 13.7. The number of amides is 1. The fraction of sp³-hybridized carbons (Fsp3) is 0.112. The van der Waals surface area contributed by atoms with Gasteiger partial charge in [-0.15, -0.1) is 0 Å². The molecule has 0 aliphatic rings. The zero-order chi connectivity index (χ0) is 91.1. The van der Waals surface area contributed by atoms with Crippen molar-refractivity contribution < 1.29 is 66.1 Å². The number of ketones is 2. The van der Waals surface area contributed by atoms with Crippen LogP contribution in [-0.2, 0) is 30.1 Å². The minimum atomic E-state index is -3.65. The summed E-state index contributed by atoms with van der Waals surface area (Å²) in [6.07, 6.45) is 3.86. The summed E-state index contributed by atoms with van der Waals surface area (Å²) < 4.78 is 144. The number of hydrogen-bond donors (Lipinski definition) is 5. The number of H-pyrrole nitrogens is 3. The molecule has 6 heterocycles. The molecular weight excluding hydrogens is 1840 g/mol. The van der Waals surface area contributed by atoms with Crippen molar-refractivity contribution in [3.8, 4) is 101 Å². The second kappa shape index (κ2) is 36.7. The molecule has 0 fully saturated rings. The number of aromatic amines is 3. The Morgan fingerprint density at radius 1 is 0.398 bits per heavy atom. The van der Waals surface area contributed by atoms with Gasteiger partial charge in [0.2, 0.25) is 30.1 Å². The van der Waals surface area contributed by atoms with Crippen LogP contribution in [0.5, 0.6) is 0 Å². The molecule has 1 amide bonds. The predicted octanol–water partition coefficient (Wildman–Crippen LogP) is 24.6. The summed E-state index contributed by atoms with van der Waals surface area (Å²) in [5.41, 5.74) is 17.3. The quantitative estimate of drug-likeness (QED) is 0.0271. The molecule has 0 spiro atoms. The van der Waals surface area contributed by atoms with E-state index in [4.69, 9.17) is 13.3 Å². The van der Waals surface area contributed by atoms with Gasteiger partial charge in [0.1, 0.15) is 51.5 Å². The molecule has 1 radical (unpaired) electrons. The van der Waals surface area contributed by atoms with Crippen molar-refractivity contribution in [2.24, 2.45) is 4.30 Å². The standard InChI is InChI=1S/2C33H26BrFN2O4S.C32H26FN3O4S.BHNS/c2*1-4-28(38)30-25-17-24(20-8-7-9-21(16-20)32-31(34)23-10-5-6-11-26(23)36-32)27(37(2)42(3,39)40)18-29(25)41-33(30)19-12-14-22(35)15-13-19;1-34-32(37)30-25-17-24(20-8-6-9-21(15-20)27-16-22-7-4-5-10-26(22)35-27)28(36(2)41(3,38)39)18-29(25)40-31(30)19-11-13-23(33)14-12-19;1-2-3/h2*5-18,36H,4H2,1-3H3;4-18,35H,1-3H3,(H,34,37);3H. The van der Waals surface area contributed by atoms with Gasteiger partial charge < -0.3 is 33.5 Å². The summed E-state index contributed by atoms with van der Waals surface area (Å²) in [5.74, 6) is -0.992. The Kier molecular flexibility index (Phi) is 25.7. The second-order valence-corrected chi connectivity index (χ2v) is 38.1. The van der Waals surface area contributed by atoms with E-state index in [1.165, 1.54) is 89.6 Å². The van der Waals surface area contributed by atoms with E-state index >= 15 is 0 Å². The summed E-state index contributed by atoms with van der Waals surface area (Å²) in [6.45, 7) is 3.54. The molecule has 645 valence electrons. The van der Waals surface area contributed by atoms with Gasteiger partial charge in [0.15, 0.2) is 11.6 Å². The second-order valence-electron chi connectivity index (χ2n) is 30.2. The van der Waals surface area contributed by atoms with Crippen molar-refractivity contribution >= 4 is 183 Å². The average Bonchev–Trinajstić information content (AvgIpc) is 1.59. The molecule has 0 aliphatic heterocycles. The van der Waals surface area contributed by atoms with Gasteiger partial charge >= 0.3 is 24.8 Å². The molecule has 12 aromatic carbocycles. The number of rotatable bonds is 20. The van der Waals surface area contributed by atoms with Crippen LogP contribution in [0, 0.1) is 17.5 Å². The van der Waals surface area contributed by atoms with Crippen LogP contribution in [0.3, 0.4) is 0 Å². The molecule has 18 rings (SSSR count). The molecule has 0 atom stereocenters. The minimum absolute atomic E-state index is 0.140. The van der Waals surface area contributed by atoms with Crippen LogP contribution in [-0.4, -0.2) is 112 Å². The van der Waals surface area contributed by atoms with Gasteiger partial charge in [0, 0.05) is 147 Å². The number of carbonyl (C=O) groups is 3. The normalized spacial score (nSPS) is 11.6. The number of nitrogens with one attached hydrogen (secondary N) is 4. The molecule has 0 saturated heterocycles. The number of para-hydroxylation sites is 3. The van der Waals surface area contributed by atoms with Crippen molar-refractivity contribution in [1.82, 2.24) is 20.3 Å². The maximum atomic E-state index is 13.7. The first-order valence-corrected chi connectivity index (χ1v) is 47.4. The van der Waals surface area contributed by atoms with E-state index in [0.717, 1.165) is 111 Å². The van der Waals surface area contributed by atoms with E-state index in [-0.39, 0.29) is 41.6 Å². The first-order chi connectivity index (χ1) is 61.2. The third-order valence-electron chi connectivity index (χ3n) is 22.1. The number of sulfonamides is 3. The first-order valence-electron chi connectivity index (χ1n) is 39.8. The van der Waals surface area contributed by atoms with Gasteiger partial charge in [-0.3, -0.25) is 27.3 Å². The van der Waals surface area contributed by atoms with Crippen molar-refractivity contribution in [2.75, 3.05) is 59.9 Å². The number of halogens is 5. The summed E-state index contributed by atoms with van der Waals surface area (Å²) >= 11 is 10.7. The number of thiol groups is 1. The topological polar surface area (TPSA) is 275 Å². The van der Waals surface area contributed by atoms with E-state index in [9.17, 15) is 52.8 Å². The molecule has 4 N–H and O–H groups in total. The van der Waals surface area contributed by atoms with Gasteiger partial charge in [-0.2, -0.15) is 0 Å². The van der Waals surface area contributed by atoms with Gasteiger partial charge in [-0.1, -0.05) is 123 Å². The molecule has 6 aromatic heterocycles. The van der Waals surface area contributed by atoms with Crippen LogP contribution in [0.25, 0.3) is 167 Å². The molecular formula is C98H79BBr2F3N8O12S4. The fourth-order valence-electron chi connectivity index (χ4n) is 15.5. The van der Waals surface area contributed by atoms with E-state index in [0.29, 0.717) is 106 Å². The van der Waals surface area contributed by atoms with Crippen LogP contribution in [0.2, 0.25) is 0 Å². The zero-order valence-electron chi connectivity index (χ0n) is 70.1. The Morgan fingerprint density at radius 2 is 0.711 bits per heavy atom. The number of fused-ring (bicyclic) bond motifs is 6. The van der Waals surface area contributed by atoms with Crippen LogP contribution in [0.15, 0.2) is 287 Å². The van der Waals surface area contributed by atoms with E-state index in [2.05, 4.69) is 82.9 Å². The number of hydrogen-bond acceptors (Lipinski definition) is 14. The van der Waals surface area contributed by atoms with E-state index < -0.39 is 47.5 Å². The van der Waals surface area contributed by atoms with Crippen molar-refractivity contribution in [3.63, 3.8) is 0 Å². The number of aromatic nitrogens is 3. The van der Waals surface area contributed by atoms with Crippen LogP contribution >= 0.6 is 44.7 Å². The van der Waals surface area contributed by atoms with Crippen LogP contribution in [0.1, 0.15) is 57.8 Å². The first kappa shape index (κ1) is 89.7. The monoisotopic (exact) mass is 1910 g/mol. The molecule has 0 unspecified atom stereocenters. The zero-order valence-corrected chi connectivity index (χ0v) is 76.6. The summed E-state index contributed by atoms with van der Waals surface area (Å²) in [5, 5.41) is 7.44. The summed E-state index contributed by atoms with van der Waals surface area (Å²) in [7, 11) is -0.652. The van der Waals surface area contributed by atoms with Crippen LogP contribution in [0.4, 0.5) is 30.2 Å². The Labute approximate surface area is 758 Å². The molecule has 0 aliphatic carbocycles. The Morgan fingerprint density at radius 3 is 1.05 bits per heavy atom. The van der Waals surface area contributed by atoms with Crippen LogP contribution < -0.4 is 18.2 Å². The van der Waals surface area contributed by atoms with Crippen molar-refractivity contribution in [3.05, 3.63) is 304 Å². The Bertz CT molecular complexity index is 7470. The predicted molar refractivity (Wildman–Crippen MR) is 518 cm³/mol. The third-order valence-corrected chi connectivity index (χ3v) is 27.3. The molecule has 20 nitrogen and oxygen atoms in total. The molecule has 0 bridgehead atoms. The summed E-state index contributed by atoms with van der Waals surface area (Å²) in [4.78, 5) is 50.1. The van der Waals surface area contributed by atoms with Gasteiger partial charge in [-0.25, -0.2) is 38.4 Å². The Balaban J connectivity index is 0.000000145. The van der Waals surface area contributed by atoms with Gasteiger partial charge in [-0.05, 0) is 199 Å². The number of furan rings is 3. The average molecular weight is 1920 g/mol. The fourth-order valence-corrected chi connectivity index (χ4v) is 18.3. The number of Topliss-reactive ketones (excluding diaryl/α,β-unsaturated/α-hetero) is 2. The van der Waals surface area contributed by atoms with E-state index in [1.54, 1.807) is 62.4 Å². The molecule has 128 heavy (non-hydrogen) atoms. The van der Waals surface area contributed by atoms with Crippen molar-refractivity contribution in [2.45, 2.75) is 26.7 Å². The Hall–Kier alpha value is -13.1. The van der Waals surface area contributed by atoms with Gasteiger partial charge in [0.25, 0.3) is 5.91 Å². The number of benzene rings is 12. The van der Waals surface area contributed by atoms with E-state index in [1.807, 2.05) is 158 Å². The molecule has 30 heteroatoms. The molecule has 0 saturated carbocycles. The third kappa shape index (κ3) is 18.0. The number of nitrogens with zero attached hydrogens (tertiary/aromatic N) is 4.